The standard InChI is InChI=1S/C13H18FN/c1-2-4-11-8-15-9-13(11)10-5-3-6-12(14)7-10/h3,5-7,11,13,15H,2,4,8-9H2,1H3/t11-,13-/m1/s1. The van der Waals surface area contributed by atoms with Gasteiger partial charge in [0, 0.05) is 12.5 Å². The maximum Gasteiger partial charge on any atom is 0.123 e. The Kier molecular flexibility index (Phi) is 3.37. The first-order valence-electron chi connectivity index (χ1n) is 5.77. The lowest BCUT2D eigenvalue weighted by Gasteiger charge is -2.18. The van der Waals surface area contributed by atoms with Crippen LogP contribution in [-0.2, 0) is 0 Å². The highest BCUT2D eigenvalue weighted by Gasteiger charge is 2.27. The molecular formula is C13H18FN. The average Bonchev–Trinajstić information content (AvgIpc) is 2.66. The normalized spacial score (nSPS) is 25.7. The minimum absolute atomic E-state index is 0.116. The van der Waals surface area contributed by atoms with Crippen molar-refractivity contribution in [1.29, 1.82) is 0 Å². The van der Waals surface area contributed by atoms with Gasteiger partial charge in [0.25, 0.3) is 0 Å². The Morgan fingerprint density at radius 3 is 3.00 bits per heavy atom. The van der Waals surface area contributed by atoms with Crippen LogP contribution >= 0.6 is 0 Å². The van der Waals surface area contributed by atoms with Gasteiger partial charge >= 0.3 is 0 Å². The third-order valence-corrected chi connectivity index (χ3v) is 3.28. The summed E-state index contributed by atoms with van der Waals surface area (Å²) in [6, 6.07) is 7.05. The molecule has 2 heteroatoms. The second kappa shape index (κ2) is 4.75. The summed E-state index contributed by atoms with van der Waals surface area (Å²) in [6.07, 6.45) is 2.44. The summed E-state index contributed by atoms with van der Waals surface area (Å²) in [4.78, 5) is 0. The molecule has 82 valence electrons. The maximum absolute atomic E-state index is 13.1. The summed E-state index contributed by atoms with van der Waals surface area (Å²) in [7, 11) is 0. The molecule has 0 unspecified atom stereocenters. The highest BCUT2D eigenvalue weighted by atomic mass is 19.1. The Morgan fingerprint density at radius 2 is 2.27 bits per heavy atom. The predicted molar refractivity (Wildman–Crippen MR) is 60.4 cm³/mol. The van der Waals surface area contributed by atoms with E-state index in [1.807, 2.05) is 12.1 Å². The van der Waals surface area contributed by atoms with Gasteiger partial charge in [-0.3, -0.25) is 0 Å². The van der Waals surface area contributed by atoms with Gasteiger partial charge in [0.1, 0.15) is 5.82 Å². The second-order valence-corrected chi connectivity index (χ2v) is 4.37. The van der Waals surface area contributed by atoms with Gasteiger partial charge in [-0.05, 0) is 36.6 Å². The van der Waals surface area contributed by atoms with E-state index in [0.29, 0.717) is 11.8 Å². The number of rotatable bonds is 3. The minimum atomic E-state index is -0.116. The van der Waals surface area contributed by atoms with Crippen molar-refractivity contribution in [3.05, 3.63) is 35.6 Å². The molecule has 1 heterocycles. The Labute approximate surface area is 90.7 Å². The van der Waals surface area contributed by atoms with Crippen LogP contribution in [0.15, 0.2) is 24.3 Å². The molecule has 1 aromatic rings. The Balaban J connectivity index is 2.15. The van der Waals surface area contributed by atoms with Crippen LogP contribution in [-0.4, -0.2) is 13.1 Å². The fraction of sp³-hybridized carbons (Fsp3) is 0.538. The molecule has 0 aliphatic carbocycles. The molecule has 0 aromatic heterocycles. The van der Waals surface area contributed by atoms with Gasteiger partial charge in [0.2, 0.25) is 0 Å². The summed E-state index contributed by atoms with van der Waals surface area (Å²) in [6.45, 7) is 4.28. The van der Waals surface area contributed by atoms with Crippen molar-refractivity contribution >= 4 is 0 Å². The average molecular weight is 207 g/mol. The Morgan fingerprint density at radius 1 is 1.40 bits per heavy atom. The summed E-state index contributed by atoms with van der Waals surface area (Å²) in [5.74, 6) is 1.06. The van der Waals surface area contributed by atoms with E-state index >= 15 is 0 Å². The summed E-state index contributed by atoms with van der Waals surface area (Å²) in [5.41, 5.74) is 1.15. The fourth-order valence-electron chi connectivity index (χ4n) is 2.53. The monoisotopic (exact) mass is 207 g/mol. The third-order valence-electron chi connectivity index (χ3n) is 3.28. The minimum Gasteiger partial charge on any atom is -0.316 e. The zero-order valence-corrected chi connectivity index (χ0v) is 9.17. The van der Waals surface area contributed by atoms with Crippen LogP contribution in [0.25, 0.3) is 0 Å². The van der Waals surface area contributed by atoms with Gasteiger partial charge in [-0.1, -0.05) is 25.5 Å². The Hall–Kier alpha value is -0.890. The molecule has 1 fully saturated rings. The lowest BCUT2D eigenvalue weighted by atomic mass is 9.86. The maximum atomic E-state index is 13.1. The zero-order valence-electron chi connectivity index (χ0n) is 9.17. The lowest BCUT2D eigenvalue weighted by Crippen LogP contribution is -2.10. The van der Waals surface area contributed by atoms with Crippen LogP contribution in [0.4, 0.5) is 4.39 Å². The van der Waals surface area contributed by atoms with E-state index in [1.54, 1.807) is 6.07 Å². The van der Waals surface area contributed by atoms with Crippen LogP contribution in [0.2, 0.25) is 0 Å². The molecule has 0 amide bonds. The smallest absolute Gasteiger partial charge is 0.123 e. The number of hydrogen-bond donors (Lipinski definition) is 1. The number of hydrogen-bond acceptors (Lipinski definition) is 1. The third kappa shape index (κ3) is 2.37. The van der Waals surface area contributed by atoms with Crippen LogP contribution < -0.4 is 5.32 Å². The molecule has 0 bridgehead atoms. The summed E-state index contributed by atoms with van der Waals surface area (Å²) >= 11 is 0. The van der Waals surface area contributed by atoms with Crippen LogP contribution in [0.5, 0.6) is 0 Å². The van der Waals surface area contributed by atoms with E-state index in [4.69, 9.17) is 0 Å². The zero-order chi connectivity index (χ0) is 10.7. The van der Waals surface area contributed by atoms with Gasteiger partial charge in [-0.25, -0.2) is 4.39 Å². The van der Waals surface area contributed by atoms with Crippen LogP contribution in [0, 0.1) is 11.7 Å². The predicted octanol–water partition coefficient (Wildman–Crippen LogP) is 2.93. The molecule has 0 saturated carbocycles. The number of nitrogens with one attached hydrogen (secondary N) is 1. The first-order valence-corrected chi connectivity index (χ1v) is 5.77. The first kappa shape index (κ1) is 10.6. The van der Waals surface area contributed by atoms with Gasteiger partial charge < -0.3 is 5.32 Å². The topological polar surface area (TPSA) is 12.0 Å². The molecule has 15 heavy (non-hydrogen) atoms. The van der Waals surface area contributed by atoms with Gasteiger partial charge in [-0.2, -0.15) is 0 Å². The largest absolute Gasteiger partial charge is 0.316 e. The Bertz CT molecular complexity index is 324. The van der Waals surface area contributed by atoms with E-state index in [0.717, 1.165) is 18.7 Å². The van der Waals surface area contributed by atoms with Gasteiger partial charge in [-0.15, -0.1) is 0 Å². The molecule has 1 nitrogen and oxygen atoms in total. The summed E-state index contributed by atoms with van der Waals surface area (Å²) < 4.78 is 13.1. The van der Waals surface area contributed by atoms with Crippen molar-refractivity contribution in [3.8, 4) is 0 Å². The van der Waals surface area contributed by atoms with Crippen molar-refractivity contribution < 1.29 is 4.39 Å². The number of benzene rings is 1. The van der Waals surface area contributed by atoms with E-state index in [2.05, 4.69) is 12.2 Å². The van der Waals surface area contributed by atoms with E-state index in [1.165, 1.54) is 18.9 Å². The first-order chi connectivity index (χ1) is 7.31. The molecule has 1 aliphatic heterocycles. The van der Waals surface area contributed by atoms with Crippen molar-refractivity contribution in [2.24, 2.45) is 5.92 Å². The number of halogens is 1. The molecular weight excluding hydrogens is 189 g/mol. The van der Waals surface area contributed by atoms with E-state index in [9.17, 15) is 4.39 Å². The molecule has 0 radical (unpaired) electrons. The molecule has 2 rings (SSSR count). The van der Waals surface area contributed by atoms with E-state index < -0.39 is 0 Å². The van der Waals surface area contributed by atoms with Crippen LogP contribution in [0.1, 0.15) is 31.2 Å². The quantitative estimate of drug-likeness (QED) is 0.803. The molecule has 1 N–H and O–H groups in total. The molecule has 2 atom stereocenters. The summed E-state index contributed by atoms with van der Waals surface area (Å²) in [5, 5.41) is 3.40. The lowest BCUT2D eigenvalue weighted by molar-refractivity contribution is 0.472. The van der Waals surface area contributed by atoms with Crippen LogP contribution in [0.3, 0.4) is 0 Å². The SMILES string of the molecule is CCC[C@@H]1CNC[C@@H]1c1cccc(F)c1. The highest BCUT2D eigenvalue weighted by molar-refractivity contribution is 5.23. The molecule has 1 saturated heterocycles. The molecule has 0 spiro atoms. The van der Waals surface area contributed by atoms with Crippen molar-refractivity contribution in [2.45, 2.75) is 25.7 Å². The van der Waals surface area contributed by atoms with Gasteiger partial charge in [0.15, 0.2) is 0 Å². The second-order valence-electron chi connectivity index (χ2n) is 4.37. The van der Waals surface area contributed by atoms with Crippen molar-refractivity contribution in [2.75, 3.05) is 13.1 Å². The van der Waals surface area contributed by atoms with Gasteiger partial charge in [0.05, 0.1) is 0 Å². The molecule has 1 aliphatic rings. The van der Waals surface area contributed by atoms with Crippen molar-refractivity contribution in [1.82, 2.24) is 5.32 Å². The van der Waals surface area contributed by atoms with Crippen molar-refractivity contribution in [3.63, 3.8) is 0 Å². The fourth-order valence-corrected chi connectivity index (χ4v) is 2.53. The van der Waals surface area contributed by atoms with E-state index in [-0.39, 0.29) is 5.82 Å². The molecule has 1 aromatic carbocycles. The highest BCUT2D eigenvalue weighted by Crippen LogP contribution is 2.31.